The lowest BCUT2D eigenvalue weighted by Gasteiger charge is -2.11. The van der Waals surface area contributed by atoms with Crippen LogP contribution in [0, 0.1) is 5.82 Å². The van der Waals surface area contributed by atoms with E-state index < -0.39 is 18.3 Å². The van der Waals surface area contributed by atoms with Crippen LogP contribution in [0.2, 0.25) is 5.02 Å². The molecule has 0 saturated heterocycles. The number of aromatic amines is 1. The Bertz CT molecular complexity index is 1250. The molecule has 164 valence electrons. The molecular formula is C23H18ClF2N3O3. The highest BCUT2D eigenvalue weighted by Gasteiger charge is 2.21. The molecule has 32 heavy (non-hydrogen) atoms. The van der Waals surface area contributed by atoms with E-state index in [1.807, 2.05) is 30.3 Å². The summed E-state index contributed by atoms with van der Waals surface area (Å²) in [6, 6.07) is 13.7. The van der Waals surface area contributed by atoms with Crippen molar-refractivity contribution in [3.05, 3.63) is 82.3 Å². The van der Waals surface area contributed by atoms with Gasteiger partial charge in [0.25, 0.3) is 0 Å². The van der Waals surface area contributed by atoms with Gasteiger partial charge in [-0.1, -0.05) is 41.9 Å². The van der Waals surface area contributed by atoms with E-state index in [1.54, 1.807) is 6.07 Å². The Labute approximate surface area is 187 Å². The van der Waals surface area contributed by atoms with Gasteiger partial charge in [-0.2, -0.15) is 0 Å². The molecule has 0 aliphatic carbocycles. The number of hydrogen-bond acceptors (Lipinski definition) is 5. The molecule has 0 aliphatic rings. The van der Waals surface area contributed by atoms with Gasteiger partial charge in [-0.15, -0.1) is 5.10 Å². The standard InChI is InChI=1S/C23H18ClF2N3O3/c24-17-6-7-19(32-13-14-4-2-1-3-5-14)21(26)20(17)18(30)11-15-10-16-22(27-12-15)28-29-23(16)31-9-8-25/h1-7,10,12H,8-9,11,13H2,(H,27,28,29). The van der Waals surface area contributed by atoms with Crippen molar-refractivity contribution in [2.45, 2.75) is 13.0 Å². The number of rotatable bonds is 9. The first-order valence-electron chi connectivity index (χ1n) is 9.76. The number of alkyl halides is 1. The number of fused-ring (bicyclic) bond motifs is 1. The quantitative estimate of drug-likeness (QED) is 0.354. The lowest BCUT2D eigenvalue weighted by atomic mass is 10.0. The molecular weight excluding hydrogens is 440 g/mol. The number of pyridine rings is 1. The van der Waals surface area contributed by atoms with Crippen LogP contribution in [0.4, 0.5) is 8.78 Å². The Morgan fingerprint density at radius 1 is 1.09 bits per heavy atom. The molecule has 0 fully saturated rings. The maximum Gasteiger partial charge on any atom is 0.242 e. The molecule has 0 saturated carbocycles. The highest BCUT2D eigenvalue weighted by Crippen LogP contribution is 2.30. The van der Waals surface area contributed by atoms with Gasteiger partial charge in [0.1, 0.15) is 19.9 Å². The second-order valence-corrected chi connectivity index (χ2v) is 7.32. The molecule has 1 N–H and O–H groups in total. The molecule has 0 atom stereocenters. The van der Waals surface area contributed by atoms with Crippen molar-refractivity contribution in [2.24, 2.45) is 0 Å². The van der Waals surface area contributed by atoms with Gasteiger partial charge in [0.15, 0.2) is 23.0 Å². The minimum Gasteiger partial charge on any atom is -0.486 e. The number of Topliss-reactive ketones (excluding diaryl/α,β-unsaturated/α-hetero) is 1. The number of carbonyl (C=O) groups is 1. The van der Waals surface area contributed by atoms with E-state index in [4.69, 9.17) is 21.1 Å². The van der Waals surface area contributed by atoms with Gasteiger partial charge >= 0.3 is 0 Å². The molecule has 0 unspecified atom stereocenters. The van der Waals surface area contributed by atoms with Gasteiger partial charge in [0.05, 0.1) is 16.0 Å². The fraction of sp³-hybridized carbons (Fsp3) is 0.174. The highest BCUT2D eigenvalue weighted by atomic mass is 35.5. The normalized spacial score (nSPS) is 11.0. The lowest BCUT2D eigenvalue weighted by Crippen LogP contribution is -2.09. The van der Waals surface area contributed by atoms with E-state index in [9.17, 15) is 9.18 Å². The van der Waals surface area contributed by atoms with Crippen molar-refractivity contribution in [3.63, 3.8) is 0 Å². The largest absolute Gasteiger partial charge is 0.486 e. The van der Waals surface area contributed by atoms with E-state index in [0.29, 0.717) is 16.6 Å². The summed E-state index contributed by atoms with van der Waals surface area (Å²) in [6.45, 7) is -0.671. The van der Waals surface area contributed by atoms with Crippen molar-refractivity contribution in [1.29, 1.82) is 0 Å². The minimum atomic E-state index is -0.817. The predicted molar refractivity (Wildman–Crippen MR) is 116 cm³/mol. The number of carbonyl (C=O) groups excluding carboxylic acids is 1. The first kappa shape index (κ1) is 21.7. The predicted octanol–water partition coefficient (Wildman–Crippen LogP) is 5.10. The van der Waals surface area contributed by atoms with Crippen LogP contribution in [0.25, 0.3) is 11.0 Å². The maximum absolute atomic E-state index is 15.1. The number of aromatic nitrogens is 3. The summed E-state index contributed by atoms with van der Waals surface area (Å²) in [7, 11) is 0. The lowest BCUT2D eigenvalue weighted by molar-refractivity contribution is 0.0988. The number of ketones is 1. The third-order valence-electron chi connectivity index (χ3n) is 4.69. The summed E-state index contributed by atoms with van der Waals surface area (Å²) in [5.41, 5.74) is 1.54. The van der Waals surface area contributed by atoms with Gasteiger partial charge in [0.2, 0.25) is 5.88 Å². The molecule has 0 radical (unpaired) electrons. The van der Waals surface area contributed by atoms with Crippen LogP contribution in [0.5, 0.6) is 11.6 Å². The topological polar surface area (TPSA) is 77.1 Å². The SMILES string of the molecule is O=C(Cc1cnc2[nH]nc(OCCF)c2c1)c1c(Cl)ccc(OCc2ccccc2)c1F. The summed E-state index contributed by atoms with van der Waals surface area (Å²) < 4.78 is 38.3. The molecule has 4 aromatic rings. The molecule has 0 bridgehead atoms. The second kappa shape index (κ2) is 9.74. The number of ether oxygens (including phenoxy) is 2. The minimum absolute atomic E-state index is 0.0103. The molecule has 0 amide bonds. The van der Waals surface area contributed by atoms with Crippen LogP contribution in [0.1, 0.15) is 21.5 Å². The highest BCUT2D eigenvalue weighted by molar-refractivity contribution is 6.34. The molecule has 0 spiro atoms. The third-order valence-corrected chi connectivity index (χ3v) is 5.01. The van der Waals surface area contributed by atoms with E-state index >= 15 is 4.39 Å². The average molecular weight is 458 g/mol. The smallest absolute Gasteiger partial charge is 0.242 e. The summed E-state index contributed by atoms with van der Waals surface area (Å²) in [5.74, 6) is -1.23. The number of H-pyrrole nitrogens is 1. The van der Waals surface area contributed by atoms with E-state index in [-0.39, 0.29) is 41.9 Å². The summed E-state index contributed by atoms with van der Waals surface area (Å²) in [5, 5.41) is 7.09. The van der Waals surface area contributed by atoms with Gasteiger partial charge in [0, 0.05) is 12.6 Å². The zero-order valence-corrected chi connectivity index (χ0v) is 17.5. The van der Waals surface area contributed by atoms with Gasteiger partial charge < -0.3 is 9.47 Å². The Hall–Kier alpha value is -3.52. The first-order valence-corrected chi connectivity index (χ1v) is 10.1. The van der Waals surface area contributed by atoms with E-state index in [2.05, 4.69) is 15.2 Å². The van der Waals surface area contributed by atoms with Crippen LogP contribution in [0.15, 0.2) is 54.7 Å². The zero-order valence-electron chi connectivity index (χ0n) is 16.8. The maximum atomic E-state index is 15.1. The van der Waals surface area contributed by atoms with Crippen LogP contribution in [-0.4, -0.2) is 34.2 Å². The van der Waals surface area contributed by atoms with Gasteiger partial charge in [-0.05, 0) is 29.3 Å². The fourth-order valence-corrected chi connectivity index (χ4v) is 3.43. The van der Waals surface area contributed by atoms with Crippen LogP contribution < -0.4 is 9.47 Å². The number of nitrogens with zero attached hydrogens (tertiary/aromatic N) is 2. The number of halogens is 3. The van der Waals surface area contributed by atoms with E-state index in [1.165, 1.54) is 18.3 Å². The van der Waals surface area contributed by atoms with Crippen molar-refractivity contribution in [1.82, 2.24) is 15.2 Å². The fourth-order valence-electron chi connectivity index (χ4n) is 3.18. The molecule has 4 rings (SSSR count). The second-order valence-electron chi connectivity index (χ2n) is 6.91. The first-order chi connectivity index (χ1) is 15.6. The van der Waals surface area contributed by atoms with Crippen molar-refractivity contribution >= 4 is 28.4 Å². The summed E-state index contributed by atoms with van der Waals surface area (Å²) in [6.07, 6.45) is 1.31. The Balaban J connectivity index is 1.55. The van der Waals surface area contributed by atoms with Gasteiger partial charge in [-0.25, -0.2) is 13.8 Å². The van der Waals surface area contributed by atoms with Crippen LogP contribution >= 0.6 is 11.6 Å². The molecule has 2 heterocycles. The molecule has 2 aromatic heterocycles. The number of hydrogen-bond donors (Lipinski definition) is 1. The Kier molecular flexibility index (Phi) is 6.61. The molecule has 6 nitrogen and oxygen atoms in total. The average Bonchev–Trinajstić information content (AvgIpc) is 3.20. The molecule has 9 heteroatoms. The van der Waals surface area contributed by atoms with Gasteiger partial charge in [-0.3, -0.25) is 9.89 Å². The number of benzene rings is 2. The summed E-state index contributed by atoms with van der Waals surface area (Å²) >= 11 is 6.14. The monoisotopic (exact) mass is 457 g/mol. The van der Waals surface area contributed by atoms with Crippen molar-refractivity contribution in [2.75, 3.05) is 13.3 Å². The zero-order chi connectivity index (χ0) is 22.5. The molecule has 0 aliphatic heterocycles. The van der Waals surface area contributed by atoms with Crippen LogP contribution in [-0.2, 0) is 13.0 Å². The molecule has 2 aromatic carbocycles. The van der Waals surface area contributed by atoms with Crippen LogP contribution in [0.3, 0.4) is 0 Å². The third kappa shape index (κ3) is 4.70. The van der Waals surface area contributed by atoms with Crippen molar-refractivity contribution < 1.29 is 23.0 Å². The van der Waals surface area contributed by atoms with Crippen molar-refractivity contribution in [3.8, 4) is 11.6 Å². The summed E-state index contributed by atoms with van der Waals surface area (Å²) in [4.78, 5) is 17.1. The Morgan fingerprint density at radius 3 is 2.69 bits per heavy atom. The number of nitrogens with one attached hydrogen (secondary N) is 1. The van der Waals surface area contributed by atoms with E-state index in [0.717, 1.165) is 5.56 Å². The Morgan fingerprint density at radius 2 is 1.91 bits per heavy atom.